The first-order chi connectivity index (χ1) is 5.40. The molecule has 68 valence electrons. The minimum atomic E-state index is -4.29. The van der Waals surface area contributed by atoms with Crippen molar-refractivity contribution in [3.05, 3.63) is 5.69 Å². The number of alkyl halides is 3. The maximum atomic E-state index is 11.8. The summed E-state index contributed by atoms with van der Waals surface area (Å²) < 4.78 is 36.1. The van der Waals surface area contributed by atoms with Crippen molar-refractivity contribution in [2.45, 2.75) is 19.6 Å². The summed E-state index contributed by atoms with van der Waals surface area (Å²) in [6.07, 6.45) is -4.29. The van der Waals surface area contributed by atoms with Gasteiger partial charge in [-0.25, -0.2) is 4.68 Å². The molecule has 1 aromatic rings. The molecular weight excluding hydrogens is 173 g/mol. The number of nitrogens with zero attached hydrogens (tertiary/aromatic N) is 3. The molecule has 0 unspecified atom stereocenters. The van der Waals surface area contributed by atoms with Crippen LogP contribution in [0.1, 0.15) is 5.69 Å². The van der Waals surface area contributed by atoms with E-state index < -0.39 is 12.7 Å². The molecule has 0 amide bonds. The third-order valence-corrected chi connectivity index (χ3v) is 1.35. The Bertz CT molecular complexity index is 277. The lowest BCUT2D eigenvalue weighted by Crippen LogP contribution is -2.19. The summed E-state index contributed by atoms with van der Waals surface area (Å²) in [7, 11) is 0. The Morgan fingerprint density at radius 1 is 1.50 bits per heavy atom. The summed E-state index contributed by atoms with van der Waals surface area (Å²) in [6.45, 7) is 0.282. The van der Waals surface area contributed by atoms with Crippen LogP contribution in [-0.4, -0.2) is 21.2 Å². The molecule has 4 nitrogen and oxygen atoms in total. The van der Waals surface area contributed by atoms with Crippen molar-refractivity contribution in [2.75, 3.05) is 5.73 Å². The van der Waals surface area contributed by atoms with Gasteiger partial charge in [-0.2, -0.15) is 13.2 Å². The van der Waals surface area contributed by atoms with Gasteiger partial charge in [0.15, 0.2) is 5.82 Å². The Hall–Kier alpha value is -1.27. The molecule has 1 rings (SSSR count). The van der Waals surface area contributed by atoms with E-state index in [2.05, 4.69) is 10.3 Å². The van der Waals surface area contributed by atoms with E-state index in [0.717, 1.165) is 4.68 Å². The monoisotopic (exact) mass is 180 g/mol. The molecular formula is C5H7F3N4. The van der Waals surface area contributed by atoms with E-state index in [1.54, 1.807) is 0 Å². The zero-order valence-electron chi connectivity index (χ0n) is 6.26. The fourth-order valence-electron chi connectivity index (χ4n) is 0.694. The second kappa shape index (κ2) is 2.65. The van der Waals surface area contributed by atoms with E-state index in [4.69, 9.17) is 5.73 Å². The standard InChI is InChI=1S/C5H7F3N4/c1-3-4(9)10-11-12(3)2-5(6,7)8/h2,9H2,1H3. The number of aromatic nitrogens is 3. The van der Waals surface area contributed by atoms with Crippen LogP contribution in [0.3, 0.4) is 0 Å². The van der Waals surface area contributed by atoms with E-state index in [1.807, 2.05) is 0 Å². The minimum Gasteiger partial charge on any atom is -0.381 e. The highest BCUT2D eigenvalue weighted by molar-refractivity contribution is 5.31. The van der Waals surface area contributed by atoms with Gasteiger partial charge in [0.05, 0.1) is 5.69 Å². The first kappa shape index (κ1) is 8.82. The molecule has 0 radical (unpaired) electrons. The van der Waals surface area contributed by atoms with Crippen molar-refractivity contribution < 1.29 is 13.2 Å². The summed E-state index contributed by atoms with van der Waals surface area (Å²) in [5, 5.41) is 6.51. The Balaban J connectivity index is 2.83. The SMILES string of the molecule is Cc1c(N)nnn1CC(F)(F)F. The van der Waals surface area contributed by atoms with Crippen molar-refractivity contribution in [2.24, 2.45) is 0 Å². The van der Waals surface area contributed by atoms with Gasteiger partial charge in [-0.05, 0) is 6.92 Å². The van der Waals surface area contributed by atoms with Crippen molar-refractivity contribution in [3.63, 3.8) is 0 Å². The quantitative estimate of drug-likeness (QED) is 0.693. The number of hydrogen-bond donors (Lipinski definition) is 1. The normalized spacial score (nSPS) is 12.0. The van der Waals surface area contributed by atoms with Crippen LogP contribution in [0, 0.1) is 6.92 Å². The zero-order chi connectivity index (χ0) is 9.35. The number of rotatable bonds is 1. The third-order valence-electron chi connectivity index (χ3n) is 1.35. The average molecular weight is 180 g/mol. The summed E-state index contributed by atoms with van der Waals surface area (Å²) >= 11 is 0. The van der Waals surface area contributed by atoms with Gasteiger partial charge in [0.25, 0.3) is 0 Å². The lowest BCUT2D eigenvalue weighted by atomic mass is 10.5. The van der Waals surface area contributed by atoms with Gasteiger partial charge < -0.3 is 5.73 Å². The molecule has 1 heterocycles. The molecule has 0 bridgehead atoms. The zero-order valence-corrected chi connectivity index (χ0v) is 6.26. The highest BCUT2D eigenvalue weighted by atomic mass is 19.4. The fraction of sp³-hybridized carbons (Fsp3) is 0.600. The highest BCUT2D eigenvalue weighted by Crippen LogP contribution is 2.18. The summed E-state index contributed by atoms with van der Waals surface area (Å²) in [4.78, 5) is 0. The maximum absolute atomic E-state index is 11.8. The maximum Gasteiger partial charge on any atom is 0.408 e. The molecule has 0 aliphatic heterocycles. The average Bonchev–Trinajstić information content (AvgIpc) is 2.16. The molecule has 0 aliphatic carbocycles. The van der Waals surface area contributed by atoms with Crippen LogP contribution in [0.2, 0.25) is 0 Å². The first-order valence-corrected chi connectivity index (χ1v) is 3.12. The summed E-state index contributed by atoms with van der Waals surface area (Å²) in [5.74, 6) is 0.0271. The van der Waals surface area contributed by atoms with E-state index in [1.165, 1.54) is 6.92 Å². The second-order valence-corrected chi connectivity index (χ2v) is 2.33. The molecule has 0 atom stereocenters. The van der Waals surface area contributed by atoms with Gasteiger partial charge in [-0.1, -0.05) is 5.21 Å². The minimum absolute atomic E-state index is 0.0271. The van der Waals surface area contributed by atoms with E-state index in [0.29, 0.717) is 0 Å². The van der Waals surface area contributed by atoms with Crippen molar-refractivity contribution in [3.8, 4) is 0 Å². The molecule has 12 heavy (non-hydrogen) atoms. The molecule has 2 N–H and O–H groups in total. The van der Waals surface area contributed by atoms with Crippen LogP contribution in [-0.2, 0) is 6.54 Å². The smallest absolute Gasteiger partial charge is 0.381 e. The molecule has 0 fully saturated rings. The first-order valence-electron chi connectivity index (χ1n) is 3.12. The summed E-state index contributed by atoms with van der Waals surface area (Å²) in [6, 6.07) is 0. The lowest BCUT2D eigenvalue weighted by molar-refractivity contribution is -0.143. The van der Waals surface area contributed by atoms with Crippen LogP contribution >= 0.6 is 0 Å². The largest absolute Gasteiger partial charge is 0.408 e. The molecule has 0 saturated carbocycles. The Kier molecular flexibility index (Phi) is 1.95. The van der Waals surface area contributed by atoms with Gasteiger partial charge in [-0.3, -0.25) is 0 Å². The molecule has 1 aromatic heterocycles. The number of hydrogen-bond acceptors (Lipinski definition) is 3. The van der Waals surface area contributed by atoms with Crippen molar-refractivity contribution >= 4 is 5.82 Å². The summed E-state index contributed by atoms with van der Waals surface area (Å²) in [5.41, 5.74) is 5.43. The van der Waals surface area contributed by atoms with Gasteiger partial charge in [0.1, 0.15) is 6.54 Å². The van der Waals surface area contributed by atoms with E-state index in [9.17, 15) is 13.2 Å². The predicted molar refractivity (Wildman–Crippen MR) is 35.2 cm³/mol. The molecule has 7 heteroatoms. The Morgan fingerprint density at radius 2 is 2.08 bits per heavy atom. The van der Waals surface area contributed by atoms with Crippen LogP contribution < -0.4 is 5.73 Å². The molecule has 0 aromatic carbocycles. The number of halogens is 3. The second-order valence-electron chi connectivity index (χ2n) is 2.33. The Morgan fingerprint density at radius 3 is 2.42 bits per heavy atom. The molecule has 0 aliphatic rings. The van der Waals surface area contributed by atoms with Crippen LogP contribution in [0.5, 0.6) is 0 Å². The molecule has 0 saturated heterocycles. The number of nitrogens with two attached hydrogens (primary N) is 1. The number of nitrogen functional groups attached to an aromatic ring is 1. The topological polar surface area (TPSA) is 56.7 Å². The fourth-order valence-corrected chi connectivity index (χ4v) is 0.694. The van der Waals surface area contributed by atoms with E-state index >= 15 is 0 Å². The third kappa shape index (κ3) is 1.86. The van der Waals surface area contributed by atoms with Crippen molar-refractivity contribution in [1.82, 2.24) is 15.0 Å². The van der Waals surface area contributed by atoms with Crippen molar-refractivity contribution in [1.29, 1.82) is 0 Å². The predicted octanol–water partition coefficient (Wildman–Crippen LogP) is 0.731. The Labute approximate surface area is 66.2 Å². The van der Waals surface area contributed by atoms with Crippen LogP contribution in [0.4, 0.5) is 19.0 Å². The highest BCUT2D eigenvalue weighted by Gasteiger charge is 2.29. The van der Waals surface area contributed by atoms with Crippen LogP contribution in [0.25, 0.3) is 0 Å². The van der Waals surface area contributed by atoms with Gasteiger partial charge >= 0.3 is 6.18 Å². The lowest BCUT2D eigenvalue weighted by Gasteiger charge is -2.06. The van der Waals surface area contributed by atoms with Crippen LogP contribution in [0.15, 0.2) is 0 Å². The number of anilines is 1. The van der Waals surface area contributed by atoms with Gasteiger partial charge in [-0.15, -0.1) is 5.10 Å². The van der Waals surface area contributed by atoms with Gasteiger partial charge in [0.2, 0.25) is 0 Å². The van der Waals surface area contributed by atoms with E-state index in [-0.39, 0.29) is 11.5 Å². The molecule has 0 spiro atoms. The van der Waals surface area contributed by atoms with Gasteiger partial charge in [0, 0.05) is 0 Å².